The quantitative estimate of drug-likeness (QED) is 0.912. The summed E-state index contributed by atoms with van der Waals surface area (Å²) in [5, 5.41) is 11.9. The number of rotatable bonds is 3. The molecular formula is C13H14F3N3. The third kappa shape index (κ3) is 2.98. The summed E-state index contributed by atoms with van der Waals surface area (Å²) in [7, 11) is 0. The van der Waals surface area contributed by atoms with Gasteiger partial charge in [-0.15, -0.1) is 0 Å². The van der Waals surface area contributed by atoms with E-state index in [9.17, 15) is 13.2 Å². The summed E-state index contributed by atoms with van der Waals surface area (Å²) in [5.74, 6) is 0.421. The number of anilines is 1. The third-order valence-electron chi connectivity index (χ3n) is 3.34. The summed E-state index contributed by atoms with van der Waals surface area (Å²) in [5.41, 5.74) is -1.22. The van der Waals surface area contributed by atoms with E-state index in [0.717, 1.165) is 25.0 Å². The molecule has 1 aromatic rings. The van der Waals surface area contributed by atoms with E-state index in [4.69, 9.17) is 5.26 Å². The van der Waals surface area contributed by atoms with Crippen molar-refractivity contribution in [2.45, 2.75) is 38.4 Å². The molecule has 0 spiro atoms. The van der Waals surface area contributed by atoms with Crippen LogP contribution < -0.4 is 5.32 Å². The highest BCUT2D eigenvalue weighted by molar-refractivity contribution is 5.54. The van der Waals surface area contributed by atoms with Crippen molar-refractivity contribution in [2.75, 3.05) is 5.32 Å². The normalized spacial score (nSPS) is 16.0. The highest BCUT2D eigenvalue weighted by Gasteiger charge is 2.39. The van der Waals surface area contributed by atoms with Crippen LogP contribution in [-0.4, -0.2) is 10.5 Å². The Morgan fingerprint density at radius 3 is 2.42 bits per heavy atom. The molecule has 0 bridgehead atoms. The molecule has 19 heavy (non-hydrogen) atoms. The number of aromatic nitrogens is 1. The molecule has 3 nitrogen and oxygen atoms in total. The van der Waals surface area contributed by atoms with Crippen molar-refractivity contribution in [1.29, 1.82) is 5.26 Å². The Morgan fingerprint density at radius 1 is 1.32 bits per heavy atom. The summed E-state index contributed by atoms with van der Waals surface area (Å²) in [6, 6.07) is 3.84. The maximum atomic E-state index is 12.6. The van der Waals surface area contributed by atoms with E-state index in [-0.39, 0.29) is 16.9 Å². The molecule has 0 unspecified atom stereocenters. The van der Waals surface area contributed by atoms with Gasteiger partial charge in [0.15, 0.2) is 0 Å². The molecule has 1 heterocycles. The van der Waals surface area contributed by atoms with Crippen LogP contribution in [0.2, 0.25) is 0 Å². The summed E-state index contributed by atoms with van der Waals surface area (Å²) in [6.07, 6.45) is -2.42. The lowest BCUT2D eigenvalue weighted by Crippen LogP contribution is -2.34. The van der Waals surface area contributed by atoms with Crippen molar-refractivity contribution in [3.63, 3.8) is 0 Å². The Hall–Kier alpha value is -1.77. The zero-order valence-corrected chi connectivity index (χ0v) is 10.7. The van der Waals surface area contributed by atoms with E-state index in [1.807, 2.05) is 19.9 Å². The van der Waals surface area contributed by atoms with Crippen LogP contribution in [-0.2, 0) is 6.18 Å². The Morgan fingerprint density at radius 2 is 1.95 bits per heavy atom. The summed E-state index contributed by atoms with van der Waals surface area (Å²) < 4.78 is 37.9. The van der Waals surface area contributed by atoms with Crippen LogP contribution >= 0.6 is 0 Å². The van der Waals surface area contributed by atoms with E-state index >= 15 is 0 Å². The van der Waals surface area contributed by atoms with Gasteiger partial charge in [0, 0.05) is 5.54 Å². The van der Waals surface area contributed by atoms with Gasteiger partial charge in [0.1, 0.15) is 17.6 Å². The SMILES string of the molecule is CC(C)(Nc1nc(C(F)(F)F)ccc1C#N)C1CC1. The van der Waals surface area contributed by atoms with Gasteiger partial charge >= 0.3 is 6.18 Å². The average molecular weight is 269 g/mol. The zero-order chi connectivity index (χ0) is 14.3. The molecule has 0 radical (unpaired) electrons. The number of nitriles is 1. The fourth-order valence-electron chi connectivity index (χ4n) is 2.01. The van der Waals surface area contributed by atoms with Gasteiger partial charge in [-0.1, -0.05) is 0 Å². The lowest BCUT2D eigenvalue weighted by molar-refractivity contribution is -0.141. The van der Waals surface area contributed by atoms with Gasteiger partial charge in [0.2, 0.25) is 0 Å². The molecule has 6 heteroatoms. The molecule has 1 aliphatic carbocycles. The number of alkyl halides is 3. The Balaban J connectivity index is 2.34. The molecule has 1 aliphatic rings. The molecule has 0 aliphatic heterocycles. The Kier molecular flexibility index (Phi) is 3.17. The second-order valence-electron chi connectivity index (χ2n) is 5.32. The molecule has 1 fully saturated rings. The van der Waals surface area contributed by atoms with Crippen LogP contribution in [0.3, 0.4) is 0 Å². The first-order valence-corrected chi connectivity index (χ1v) is 6.00. The number of nitrogens with zero attached hydrogens (tertiary/aromatic N) is 2. The van der Waals surface area contributed by atoms with Gasteiger partial charge in [0.25, 0.3) is 0 Å². The zero-order valence-electron chi connectivity index (χ0n) is 10.7. The van der Waals surface area contributed by atoms with Crippen molar-refractivity contribution in [3.8, 4) is 6.07 Å². The molecule has 2 rings (SSSR count). The van der Waals surface area contributed by atoms with Crippen LogP contribution in [0.1, 0.15) is 37.9 Å². The van der Waals surface area contributed by atoms with Crippen LogP contribution in [0.5, 0.6) is 0 Å². The lowest BCUT2D eigenvalue weighted by atomic mass is 9.98. The minimum atomic E-state index is -4.51. The van der Waals surface area contributed by atoms with E-state index < -0.39 is 11.9 Å². The number of hydrogen-bond donors (Lipinski definition) is 1. The molecule has 0 saturated heterocycles. The maximum Gasteiger partial charge on any atom is 0.433 e. The Labute approximate surface area is 109 Å². The number of hydrogen-bond acceptors (Lipinski definition) is 3. The van der Waals surface area contributed by atoms with Gasteiger partial charge in [-0.25, -0.2) is 4.98 Å². The minimum Gasteiger partial charge on any atom is -0.364 e. The molecule has 1 saturated carbocycles. The van der Waals surface area contributed by atoms with Gasteiger partial charge in [-0.2, -0.15) is 18.4 Å². The van der Waals surface area contributed by atoms with Crippen LogP contribution in [0.15, 0.2) is 12.1 Å². The lowest BCUT2D eigenvalue weighted by Gasteiger charge is -2.27. The van der Waals surface area contributed by atoms with Crippen LogP contribution in [0.25, 0.3) is 0 Å². The fourth-order valence-corrected chi connectivity index (χ4v) is 2.01. The molecule has 0 amide bonds. The third-order valence-corrected chi connectivity index (χ3v) is 3.34. The standard InChI is InChI=1S/C13H14F3N3/c1-12(2,9-4-5-9)19-11-8(7-17)3-6-10(18-11)13(14,15)16/h3,6,9H,4-5H2,1-2H3,(H,18,19). The van der Waals surface area contributed by atoms with Crippen molar-refractivity contribution in [3.05, 3.63) is 23.4 Å². The number of pyridine rings is 1. The largest absolute Gasteiger partial charge is 0.433 e. The van der Waals surface area contributed by atoms with Crippen molar-refractivity contribution in [1.82, 2.24) is 4.98 Å². The topological polar surface area (TPSA) is 48.7 Å². The van der Waals surface area contributed by atoms with E-state index in [1.54, 1.807) is 0 Å². The second-order valence-corrected chi connectivity index (χ2v) is 5.32. The highest BCUT2D eigenvalue weighted by atomic mass is 19.4. The molecule has 1 N–H and O–H groups in total. The first-order chi connectivity index (χ1) is 8.74. The van der Waals surface area contributed by atoms with E-state index in [0.29, 0.717) is 5.92 Å². The van der Waals surface area contributed by atoms with Gasteiger partial charge in [0.05, 0.1) is 5.56 Å². The maximum absolute atomic E-state index is 12.6. The van der Waals surface area contributed by atoms with Crippen molar-refractivity contribution < 1.29 is 13.2 Å². The summed E-state index contributed by atoms with van der Waals surface area (Å²) in [6.45, 7) is 3.82. The summed E-state index contributed by atoms with van der Waals surface area (Å²) >= 11 is 0. The van der Waals surface area contributed by atoms with Gasteiger partial charge in [-0.3, -0.25) is 0 Å². The molecular weight excluding hydrogens is 255 g/mol. The van der Waals surface area contributed by atoms with Crippen LogP contribution in [0.4, 0.5) is 19.0 Å². The fraction of sp³-hybridized carbons (Fsp3) is 0.538. The van der Waals surface area contributed by atoms with Crippen LogP contribution in [0, 0.1) is 17.2 Å². The van der Waals surface area contributed by atoms with E-state index in [2.05, 4.69) is 10.3 Å². The summed E-state index contributed by atoms with van der Waals surface area (Å²) in [4.78, 5) is 3.55. The Bertz CT molecular complexity index is 525. The van der Waals surface area contributed by atoms with Crippen molar-refractivity contribution >= 4 is 5.82 Å². The number of nitrogens with one attached hydrogen (secondary N) is 1. The molecule has 0 atom stereocenters. The van der Waals surface area contributed by atoms with Crippen molar-refractivity contribution in [2.24, 2.45) is 5.92 Å². The first-order valence-electron chi connectivity index (χ1n) is 6.00. The smallest absolute Gasteiger partial charge is 0.364 e. The molecule has 0 aromatic carbocycles. The van der Waals surface area contributed by atoms with Gasteiger partial charge < -0.3 is 5.32 Å². The monoisotopic (exact) mass is 269 g/mol. The predicted octanol–water partition coefficient (Wildman–Crippen LogP) is 3.57. The predicted molar refractivity (Wildman–Crippen MR) is 64.4 cm³/mol. The first kappa shape index (κ1) is 13.7. The molecule has 1 aromatic heterocycles. The van der Waals surface area contributed by atoms with Gasteiger partial charge in [-0.05, 0) is 44.7 Å². The second kappa shape index (κ2) is 4.41. The molecule has 102 valence electrons. The minimum absolute atomic E-state index is 0.00854. The van der Waals surface area contributed by atoms with E-state index in [1.165, 1.54) is 0 Å². The average Bonchev–Trinajstić information content (AvgIpc) is 3.11. The number of halogens is 3. The highest BCUT2D eigenvalue weighted by Crippen LogP contribution is 2.41.